The largest absolute Gasteiger partial charge is 0.375 e. The van der Waals surface area contributed by atoms with Crippen molar-refractivity contribution in [3.8, 4) is 0 Å². The second-order valence-corrected chi connectivity index (χ2v) is 5.29. The molecule has 1 amide bonds. The van der Waals surface area contributed by atoms with E-state index in [-0.39, 0.29) is 18.1 Å². The van der Waals surface area contributed by atoms with Crippen molar-refractivity contribution in [1.82, 2.24) is 0 Å². The molecule has 2 aromatic carbocycles. The molecule has 0 radical (unpaired) electrons. The number of amides is 1. The summed E-state index contributed by atoms with van der Waals surface area (Å²) in [5.74, 6) is -0.567. The lowest BCUT2D eigenvalue weighted by Gasteiger charge is -2.19. The fourth-order valence-electron chi connectivity index (χ4n) is 2.10. The van der Waals surface area contributed by atoms with Crippen LogP contribution in [0, 0.1) is 5.82 Å². The summed E-state index contributed by atoms with van der Waals surface area (Å²) in [4.78, 5) is 13.9. The van der Waals surface area contributed by atoms with Crippen molar-refractivity contribution in [3.63, 3.8) is 0 Å². The van der Waals surface area contributed by atoms with Gasteiger partial charge in [0, 0.05) is 14.1 Å². The maximum absolute atomic E-state index is 13.1. The zero-order valence-electron chi connectivity index (χ0n) is 11.9. The number of hydrogen-bond acceptors (Lipinski definition) is 2. The average molecular weight is 307 g/mol. The Hall–Kier alpha value is -2.07. The maximum atomic E-state index is 13.1. The first-order chi connectivity index (χ1) is 9.97. The van der Waals surface area contributed by atoms with Crippen molar-refractivity contribution >= 4 is 28.9 Å². The van der Waals surface area contributed by atoms with Crippen LogP contribution in [0.25, 0.3) is 0 Å². The van der Waals surface area contributed by atoms with E-state index in [1.165, 1.54) is 12.1 Å². The van der Waals surface area contributed by atoms with Crippen LogP contribution in [0.3, 0.4) is 0 Å². The molecule has 2 rings (SSSR count). The van der Waals surface area contributed by atoms with Crippen LogP contribution in [0.5, 0.6) is 0 Å². The topological polar surface area (TPSA) is 32.3 Å². The van der Waals surface area contributed by atoms with E-state index in [2.05, 4.69) is 5.32 Å². The number of para-hydroxylation sites is 1. The van der Waals surface area contributed by atoms with Crippen molar-refractivity contribution in [2.75, 3.05) is 24.3 Å². The van der Waals surface area contributed by atoms with Crippen molar-refractivity contribution < 1.29 is 9.18 Å². The fourth-order valence-corrected chi connectivity index (χ4v) is 2.44. The lowest BCUT2D eigenvalue weighted by molar-refractivity contribution is -0.115. The van der Waals surface area contributed by atoms with Crippen molar-refractivity contribution in [2.24, 2.45) is 0 Å². The van der Waals surface area contributed by atoms with E-state index < -0.39 is 0 Å². The summed E-state index contributed by atoms with van der Waals surface area (Å²) in [7, 11) is 3.70. The predicted octanol–water partition coefficient (Wildman–Crippen LogP) is 3.73. The number of halogens is 2. The molecule has 1 N–H and O–H groups in total. The molecule has 5 heteroatoms. The molecule has 3 nitrogen and oxygen atoms in total. The van der Waals surface area contributed by atoms with Gasteiger partial charge >= 0.3 is 0 Å². The van der Waals surface area contributed by atoms with Crippen LogP contribution in [-0.2, 0) is 11.2 Å². The summed E-state index contributed by atoms with van der Waals surface area (Å²) in [5.41, 5.74) is 2.00. The first kappa shape index (κ1) is 15.3. The molecule has 0 unspecified atom stereocenters. The first-order valence-electron chi connectivity index (χ1n) is 6.47. The monoisotopic (exact) mass is 306 g/mol. The summed E-state index contributed by atoms with van der Waals surface area (Å²) in [6.45, 7) is 0. The van der Waals surface area contributed by atoms with Crippen LogP contribution < -0.4 is 10.2 Å². The number of hydrogen-bond donors (Lipinski definition) is 1. The molecule has 0 fully saturated rings. The Balaban J connectivity index is 2.15. The molecule has 0 aliphatic heterocycles. The van der Waals surface area contributed by atoms with E-state index in [9.17, 15) is 9.18 Å². The summed E-state index contributed by atoms with van der Waals surface area (Å²) in [6.07, 6.45) is 0.108. The predicted molar refractivity (Wildman–Crippen MR) is 84.5 cm³/mol. The molecule has 21 heavy (non-hydrogen) atoms. The van der Waals surface area contributed by atoms with Crippen LogP contribution in [0.2, 0.25) is 5.02 Å². The Kier molecular flexibility index (Phi) is 4.81. The molecule has 0 bridgehead atoms. The molecule has 0 aliphatic rings. The summed E-state index contributed by atoms with van der Waals surface area (Å²) < 4.78 is 13.1. The van der Waals surface area contributed by atoms with Gasteiger partial charge in [0.25, 0.3) is 0 Å². The minimum atomic E-state index is -0.350. The van der Waals surface area contributed by atoms with Gasteiger partial charge in [0.15, 0.2) is 0 Å². The zero-order valence-corrected chi connectivity index (χ0v) is 12.6. The van der Waals surface area contributed by atoms with Crippen LogP contribution in [-0.4, -0.2) is 20.0 Å². The van der Waals surface area contributed by atoms with Gasteiger partial charge in [-0.2, -0.15) is 0 Å². The Labute approximate surface area is 128 Å². The average Bonchev–Trinajstić information content (AvgIpc) is 2.37. The zero-order chi connectivity index (χ0) is 15.4. The number of carbonyl (C=O) groups excluding carboxylic acids is 1. The normalized spacial score (nSPS) is 10.3. The summed E-state index contributed by atoms with van der Waals surface area (Å²) >= 11 is 6.15. The second-order valence-electron chi connectivity index (χ2n) is 4.89. The minimum absolute atomic E-state index is 0.108. The highest BCUT2D eigenvalue weighted by molar-refractivity contribution is 6.34. The molecular weight excluding hydrogens is 291 g/mol. The molecule has 0 heterocycles. The van der Waals surface area contributed by atoms with Gasteiger partial charge in [-0.3, -0.25) is 4.79 Å². The van der Waals surface area contributed by atoms with Gasteiger partial charge in [0.1, 0.15) is 5.82 Å². The standard InChI is InChI=1S/C16H16ClFN2O/c1-20(2)16-13(17)7-4-8-14(16)19-15(21)10-11-5-3-6-12(18)9-11/h3-9H,10H2,1-2H3,(H,19,21). The highest BCUT2D eigenvalue weighted by Crippen LogP contribution is 2.32. The van der Waals surface area contributed by atoms with Gasteiger partial charge in [0.05, 0.1) is 22.8 Å². The summed E-state index contributed by atoms with van der Waals surface area (Å²) in [6, 6.07) is 11.3. The lowest BCUT2D eigenvalue weighted by atomic mass is 10.1. The van der Waals surface area contributed by atoms with Crippen LogP contribution >= 0.6 is 11.6 Å². The van der Waals surface area contributed by atoms with Gasteiger partial charge < -0.3 is 10.2 Å². The lowest BCUT2D eigenvalue weighted by Crippen LogP contribution is -2.18. The molecule has 0 saturated carbocycles. The van der Waals surface area contributed by atoms with E-state index in [4.69, 9.17) is 11.6 Å². The number of carbonyl (C=O) groups is 1. The van der Waals surface area contributed by atoms with Crippen LogP contribution in [0.15, 0.2) is 42.5 Å². The maximum Gasteiger partial charge on any atom is 0.228 e. The Morgan fingerprint density at radius 1 is 1.24 bits per heavy atom. The van der Waals surface area contributed by atoms with E-state index >= 15 is 0 Å². The molecule has 0 saturated heterocycles. The number of rotatable bonds is 4. The highest BCUT2D eigenvalue weighted by Gasteiger charge is 2.12. The smallest absolute Gasteiger partial charge is 0.228 e. The van der Waals surface area contributed by atoms with Crippen molar-refractivity contribution in [2.45, 2.75) is 6.42 Å². The fraction of sp³-hybridized carbons (Fsp3) is 0.188. The first-order valence-corrected chi connectivity index (χ1v) is 6.85. The Bertz CT molecular complexity index is 658. The van der Waals surface area contributed by atoms with E-state index in [0.717, 1.165) is 5.69 Å². The number of benzene rings is 2. The minimum Gasteiger partial charge on any atom is -0.375 e. The van der Waals surface area contributed by atoms with Gasteiger partial charge in [-0.25, -0.2) is 4.39 Å². The van der Waals surface area contributed by atoms with E-state index in [0.29, 0.717) is 16.3 Å². The quantitative estimate of drug-likeness (QED) is 0.933. The molecule has 0 spiro atoms. The van der Waals surface area contributed by atoms with Gasteiger partial charge in [0.2, 0.25) is 5.91 Å². The molecular formula is C16H16ClFN2O. The third-order valence-electron chi connectivity index (χ3n) is 2.96. The van der Waals surface area contributed by atoms with Crippen LogP contribution in [0.1, 0.15) is 5.56 Å². The highest BCUT2D eigenvalue weighted by atomic mass is 35.5. The van der Waals surface area contributed by atoms with Gasteiger partial charge in [-0.1, -0.05) is 29.8 Å². The SMILES string of the molecule is CN(C)c1c(Cl)cccc1NC(=O)Cc1cccc(F)c1. The summed E-state index contributed by atoms with van der Waals surface area (Å²) in [5, 5.41) is 3.37. The molecule has 2 aromatic rings. The number of nitrogens with zero attached hydrogens (tertiary/aromatic N) is 1. The molecule has 0 aromatic heterocycles. The number of anilines is 2. The van der Waals surface area contributed by atoms with Crippen molar-refractivity contribution in [3.05, 3.63) is 58.9 Å². The number of nitrogens with one attached hydrogen (secondary N) is 1. The third kappa shape index (κ3) is 3.95. The molecule has 0 aliphatic carbocycles. The van der Waals surface area contributed by atoms with E-state index in [1.54, 1.807) is 30.3 Å². The second kappa shape index (κ2) is 6.59. The Morgan fingerprint density at radius 2 is 1.95 bits per heavy atom. The third-order valence-corrected chi connectivity index (χ3v) is 3.27. The van der Waals surface area contributed by atoms with Crippen molar-refractivity contribution in [1.29, 1.82) is 0 Å². The Morgan fingerprint density at radius 3 is 2.62 bits per heavy atom. The molecule has 110 valence electrons. The van der Waals surface area contributed by atoms with Crippen LogP contribution in [0.4, 0.5) is 15.8 Å². The van der Waals surface area contributed by atoms with Gasteiger partial charge in [-0.05, 0) is 29.8 Å². The molecule has 0 atom stereocenters. The van der Waals surface area contributed by atoms with Gasteiger partial charge in [-0.15, -0.1) is 0 Å². The van der Waals surface area contributed by atoms with E-state index in [1.807, 2.05) is 19.0 Å².